The molecule has 0 bridgehead atoms. The van der Waals surface area contributed by atoms with Crippen LogP contribution in [0.1, 0.15) is 36.4 Å². The Kier molecular flexibility index (Phi) is 4.32. The molecule has 102 valence electrons. The van der Waals surface area contributed by atoms with Crippen molar-refractivity contribution in [3.8, 4) is 5.82 Å². The van der Waals surface area contributed by atoms with Crippen LogP contribution in [0.3, 0.4) is 0 Å². The number of nitrogens with two attached hydrogens (primary N) is 1. The zero-order valence-corrected chi connectivity index (χ0v) is 12.0. The van der Waals surface area contributed by atoms with E-state index in [1.54, 1.807) is 0 Å². The zero-order chi connectivity index (χ0) is 13.8. The highest BCUT2D eigenvalue weighted by Gasteiger charge is 2.16. The second-order valence-electron chi connectivity index (χ2n) is 4.72. The van der Waals surface area contributed by atoms with Gasteiger partial charge in [0.2, 0.25) is 0 Å². The molecule has 2 heterocycles. The summed E-state index contributed by atoms with van der Waals surface area (Å²) in [6.45, 7) is 7.02. The maximum Gasteiger partial charge on any atom is 0.153 e. The molecule has 19 heavy (non-hydrogen) atoms. The summed E-state index contributed by atoms with van der Waals surface area (Å²) in [6, 6.07) is 4.07. The molecule has 2 rings (SSSR count). The Morgan fingerprint density at radius 3 is 2.63 bits per heavy atom. The summed E-state index contributed by atoms with van der Waals surface area (Å²) in [7, 11) is 0. The lowest BCUT2D eigenvalue weighted by atomic mass is 10.1. The molecular formula is C15H22N4. The molecule has 0 spiro atoms. The van der Waals surface area contributed by atoms with E-state index >= 15 is 0 Å². The summed E-state index contributed by atoms with van der Waals surface area (Å²) >= 11 is 0. The van der Waals surface area contributed by atoms with E-state index in [1.165, 1.54) is 16.8 Å². The van der Waals surface area contributed by atoms with Crippen LogP contribution >= 0.6 is 0 Å². The first-order valence-corrected chi connectivity index (χ1v) is 6.94. The SMILES string of the molecule is CCc1nn(-c2cc(C)ccn2)c(CC)c1CCN. The molecule has 0 aliphatic carbocycles. The fourth-order valence-electron chi connectivity index (χ4n) is 2.44. The summed E-state index contributed by atoms with van der Waals surface area (Å²) < 4.78 is 1.98. The molecule has 2 N–H and O–H groups in total. The van der Waals surface area contributed by atoms with E-state index in [4.69, 9.17) is 10.8 Å². The summed E-state index contributed by atoms with van der Waals surface area (Å²) in [5.41, 5.74) is 10.6. The third-order valence-corrected chi connectivity index (χ3v) is 3.36. The molecule has 0 aliphatic heterocycles. The molecular weight excluding hydrogens is 236 g/mol. The van der Waals surface area contributed by atoms with E-state index < -0.39 is 0 Å². The van der Waals surface area contributed by atoms with Crippen LogP contribution in [-0.2, 0) is 19.3 Å². The van der Waals surface area contributed by atoms with Crippen molar-refractivity contribution in [1.82, 2.24) is 14.8 Å². The average molecular weight is 258 g/mol. The Balaban J connectivity index is 2.56. The number of aryl methyl sites for hydroxylation is 2. The summed E-state index contributed by atoms with van der Waals surface area (Å²) in [6.07, 6.45) is 4.59. The van der Waals surface area contributed by atoms with Crippen LogP contribution < -0.4 is 5.73 Å². The Hall–Kier alpha value is -1.68. The minimum Gasteiger partial charge on any atom is -0.330 e. The van der Waals surface area contributed by atoms with Gasteiger partial charge in [-0.05, 0) is 56.0 Å². The van der Waals surface area contributed by atoms with Crippen molar-refractivity contribution in [1.29, 1.82) is 0 Å². The molecule has 0 aliphatic rings. The number of hydrogen-bond donors (Lipinski definition) is 1. The summed E-state index contributed by atoms with van der Waals surface area (Å²) in [4.78, 5) is 4.44. The van der Waals surface area contributed by atoms with Crippen LogP contribution in [-0.4, -0.2) is 21.3 Å². The normalized spacial score (nSPS) is 10.9. The van der Waals surface area contributed by atoms with Gasteiger partial charge in [0, 0.05) is 11.9 Å². The van der Waals surface area contributed by atoms with E-state index in [1.807, 2.05) is 16.9 Å². The van der Waals surface area contributed by atoms with E-state index in [0.717, 1.165) is 30.8 Å². The van der Waals surface area contributed by atoms with Gasteiger partial charge < -0.3 is 5.73 Å². The predicted molar refractivity (Wildman–Crippen MR) is 77.6 cm³/mol. The lowest BCUT2D eigenvalue weighted by Crippen LogP contribution is -2.08. The van der Waals surface area contributed by atoms with Crippen LogP contribution in [0.25, 0.3) is 5.82 Å². The maximum absolute atomic E-state index is 5.73. The summed E-state index contributed by atoms with van der Waals surface area (Å²) in [5, 5.41) is 4.73. The van der Waals surface area contributed by atoms with Gasteiger partial charge in [0.25, 0.3) is 0 Å². The van der Waals surface area contributed by atoms with Gasteiger partial charge in [0.05, 0.1) is 5.69 Å². The highest BCUT2D eigenvalue weighted by atomic mass is 15.3. The Labute approximate surface area is 114 Å². The van der Waals surface area contributed by atoms with Crippen LogP contribution in [0.5, 0.6) is 0 Å². The second kappa shape index (κ2) is 5.97. The first-order valence-electron chi connectivity index (χ1n) is 6.94. The molecule has 4 heteroatoms. The van der Waals surface area contributed by atoms with E-state index in [9.17, 15) is 0 Å². The highest BCUT2D eigenvalue weighted by Crippen LogP contribution is 2.20. The molecule has 2 aromatic rings. The molecule has 0 atom stereocenters. The van der Waals surface area contributed by atoms with Gasteiger partial charge >= 0.3 is 0 Å². The molecule has 0 radical (unpaired) electrons. The fourth-order valence-corrected chi connectivity index (χ4v) is 2.44. The Morgan fingerprint density at radius 2 is 2.05 bits per heavy atom. The molecule has 0 saturated carbocycles. The summed E-state index contributed by atoms with van der Waals surface area (Å²) in [5.74, 6) is 0.898. The smallest absolute Gasteiger partial charge is 0.153 e. The van der Waals surface area contributed by atoms with E-state index in [-0.39, 0.29) is 0 Å². The predicted octanol–water partition coefficient (Wildman–Crippen LogP) is 2.20. The van der Waals surface area contributed by atoms with Crippen molar-refractivity contribution >= 4 is 0 Å². The minimum absolute atomic E-state index is 0.660. The molecule has 0 saturated heterocycles. The first kappa shape index (κ1) is 13.7. The highest BCUT2D eigenvalue weighted by molar-refractivity contribution is 5.35. The molecule has 0 fully saturated rings. The van der Waals surface area contributed by atoms with Crippen LogP contribution in [0, 0.1) is 6.92 Å². The van der Waals surface area contributed by atoms with Gasteiger partial charge in [-0.25, -0.2) is 9.67 Å². The van der Waals surface area contributed by atoms with Gasteiger partial charge in [-0.3, -0.25) is 0 Å². The van der Waals surface area contributed by atoms with E-state index in [2.05, 4.69) is 31.8 Å². The zero-order valence-electron chi connectivity index (χ0n) is 12.0. The first-order chi connectivity index (χ1) is 9.21. The van der Waals surface area contributed by atoms with Gasteiger partial charge in [0.15, 0.2) is 5.82 Å². The monoisotopic (exact) mass is 258 g/mol. The Bertz CT molecular complexity index is 557. The number of pyridine rings is 1. The number of hydrogen-bond acceptors (Lipinski definition) is 3. The molecule has 0 aromatic carbocycles. The number of rotatable bonds is 5. The molecule has 2 aromatic heterocycles. The van der Waals surface area contributed by atoms with Crippen LogP contribution in [0.2, 0.25) is 0 Å². The molecule has 0 unspecified atom stereocenters. The topological polar surface area (TPSA) is 56.7 Å². The lowest BCUT2D eigenvalue weighted by Gasteiger charge is -2.07. The van der Waals surface area contributed by atoms with Gasteiger partial charge in [-0.1, -0.05) is 13.8 Å². The quantitative estimate of drug-likeness (QED) is 0.894. The van der Waals surface area contributed by atoms with Crippen LogP contribution in [0.15, 0.2) is 18.3 Å². The van der Waals surface area contributed by atoms with Gasteiger partial charge in [0.1, 0.15) is 0 Å². The van der Waals surface area contributed by atoms with Crippen molar-refractivity contribution in [3.63, 3.8) is 0 Å². The Morgan fingerprint density at radius 1 is 1.26 bits per heavy atom. The maximum atomic E-state index is 5.73. The van der Waals surface area contributed by atoms with Crippen LogP contribution in [0.4, 0.5) is 0 Å². The third kappa shape index (κ3) is 2.68. The van der Waals surface area contributed by atoms with Crippen molar-refractivity contribution in [2.45, 2.75) is 40.0 Å². The van der Waals surface area contributed by atoms with Crippen molar-refractivity contribution in [2.24, 2.45) is 5.73 Å². The third-order valence-electron chi connectivity index (χ3n) is 3.36. The second-order valence-corrected chi connectivity index (χ2v) is 4.72. The standard InChI is InChI=1S/C15H22N4/c1-4-13-12(6-8-16)14(5-2)19(18-13)15-10-11(3)7-9-17-15/h7,9-10H,4-6,8,16H2,1-3H3. The van der Waals surface area contributed by atoms with Crippen molar-refractivity contribution < 1.29 is 0 Å². The average Bonchev–Trinajstić information content (AvgIpc) is 2.77. The van der Waals surface area contributed by atoms with Gasteiger partial charge in [-0.2, -0.15) is 5.10 Å². The number of aromatic nitrogens is 3. The molecule has 0 amide bonds. The van der Waals surface area contributed by atoms with Gasteiger partial charge in [-0.15, -0.1) is 0 Å². The van der Waals surface area contributed by atoms with Crippen molar-refractivity contribution in [3.05, 3.63) is 40.8 Å². The minimum atomic E-state index is 0.660. The number of nitrogens with zero attached hydrogens (tertiary/aromatic N) is 3. The van der Waals surface area contributed by atoms with Crippen molar-refractivity contribution in [2.75, 3.05) is 6.54 Å². The largest absolute Gasteiger partial charge is 0.330 e. The molecule has 4 nitrogen and oxygen atoms in total. The lowest BCUT2D eigenvalue weighted by molar-refractivity contribution is 0.769. The fraction of sp³-hybridized carbons (Fsp3) is 0.467. The van der Waals surface area contributed by atoms with E-state index in [0.29, 0.717) is 6.54 Å².